The maximum absolute atomic E-state index is 13.5. The Morgan fingerprint density at radius 1 is 1.21 bits per heavy atom. The second kappa shape index (κ2) is 6.62. The molecule has 2 atom stereocenters. The summed E-state index contributed by atoms with van der Waals surface area (Å²) in [5.74, 6) is 1.34. The van der Waals surface area contributed by atoms with Crippen LogP contribution in [0.3, 0.4) is 0 Å². The number of hydrogen-bond donors (Lipinski definition) is 0. The van der Waals surface area contributed by atoms with Gasteiger partial charge in [-0.3, -0.25) is 4.79 Å². The minimum Gasteiger partial charge on any atom is -0.491 e. The van der Waals surface area contributed by atoms with Gasteiger partial charge < -0.3 is 14.0 Å². The molecule has 6 rings (SSSR count). The highest BCUT2D eigenvalue weighted by molar-refractivity contribution is 6.00. The molecule has 28 heavy (non-hydrogen) atoms. The third kappa shape index (κ3) is 2.75. The van der Waals surface area contributed by atoms with Crippen molar-refractivity contribution >= 4 is 11.6 Å². The minimum atomic E-state index is -0.288. The lowest BCUT2D eigenvalue weighted by atomic mass is 9.64. The van der Waals surface area contributed by atoms with Gasteiger partial charge in [-0.05, 0) is 61.1 Å². The number of carbonyl (C=O) groups excluding carboxylic acids is 1. The van der Waals surface area contributed by atoms with Gasteiger partial charge in [-0.2, -0.15) is 0 Å². The van der Waals surface area contributed by atoms with Crippen LogP contribution in [0.5, 0.6) is 5.75 Å². The maximum Gasteiger partial charge on any atom is 0.258 e. The van der Waals surface area contributed by atoms with Crippen LogP contribution in [0.1, 0.15) is 30.1 Å². The molecule has 4 heterocycles. The predicted octanol–water partition coefficient (Wildman–Crippen LogP) is 3.79. The van der Waals surface area contributed by atoms with E-state index >= 15 is 0 Å². The number of halogens is 1. The van der Waals surface area contributed by atoms with Crippen LogP contribution in [0.2, 0.25) is 0 Å². The first-order chi connectivity index (χ1) is 13.6. The van der Waals surface area contributed by atoms with Gasteiger partial charge in [0, 0.05) is 24.6 Å². The van der Waals surface area contributed by atoms with Crippen LogP contribution in [0.25, 0.3) is 5.65 Å². The van der Waals surface area contributed by atoms with Gasteiger partial charge in [0.25, 0.3) is 5.91 Å². The smallest absolute Gasteiger partial charge is 0.258 e. The van der Waals surface area contributed by atoms with E-state index in [1.165, 1.54) is 12.1 Å². The van der Waals surface area contributed by atoms with Crippen LogP contribution in [0.15, 0.2) is 55.0 Å². The molecule has 0 radical (unpaired) electrons. The molecule has 6 heteroatoms. The van der Waals surface area contributed by atoms with Gasteiger partial charge in [0.2, 0.25) is 0 Å². The number of imidazole rings is 1. The van der Waals surface area contributed by atoms with Crippen molar-refractivity contribution in [2.24, 2.45) is 11.8 Å². The van der Waals surface area contributed by atoms with E-state index < -0.39 is 0 Å². The first-order valence-electron chi connectivity index (χ1n) is 9.74. The highest BCUT2D eigenvalue weighted by Gasteiger charge is 2.51. The Balaban J connectivity index is 1.42. The summed E-state index contributed by atoms with van der Waals surface area (Å²) in [5.41, 5.74) is 1.30. The van der Waals surface area contributed by atoms with E-state index in [1.807, 2.05) is 33.8 Å². The van der Waals surface area contributed by atoms with Crippen molar-refractivity contribution in [2.75, 3.05) is 6.61 Å². The Labute approximate surface area is 162 Å². The second-order valence-electron chi connectivity index (χ2n) is 7.87. The third-order valence-corrected chi connectivity index (χ3v) is 6.37. The first-order valence-corrected chi connectivity index (χ1v) is 9.74. The van der Waals surface area contributed by atoms with Gasteiger partial charge in [-0.15, -0.1) is 0 Å². The molecule has 0 unspecified atom stereocenters. The van der Waals surface area contributed by atoms with Gasteiger partial charge in [0.15, 0.2) is 0 Å². The third-order valence-electron chi connectivity index (χ3n) is 6.37. The van der Waals surface area contributed by atoms with E-state index in [2.05, 4.69) is 11.9 Å². The summed E-state index contributed by atoms with van der Waals surface area (Å²) in [6.45, 7) is 2.61. The topological polar surface area (TPSA) is 46.8 Å². The average Bonchev–Trinajstić information content (AvgIpc) is 3.15. The summed E-state index contributed by atoms with van der Waals surface area (Å²) >= 11 is 0. The quantitative estimate of drug-likeness (QED) is 0.693. The molecule has 2 bridgehead atoms. The molecule has 2 saturated heterocycles. The summed E-state index contributed by atoms with van der Waals surface area (Å²) in [5, 5.41) is 0. The molecule has 1 aliphatic carbocycles. The SMILES string of the molecule is C[C@@H]1C2CC(C2)N(C(=O)c2cccn3ccnc23)[C@@H]1COc1ccc(F)cc1. The van der Waals surface area contributed by atoms with E-state index in [-0.39, 0.29) is 23.8 Å². The van der Waals surface area contributed by atoms with Gasteiger partial charge in [-0.1, -0.05) is 6.92 Å². The molecule has 0 spiro atoms. The lowest BCUT2D eigenvalue weighted by Gasteiger charge is -2.57. The van der Waals surface area contributed by atoms with Crippen LogP contribution >= 0.6 is 0 Å². The van der Waals surface area contributed by atoms with Crippen LogP contribution in [0.4, 0.5) is 4.39 Å². The molecule has 3 aliphatic rings. The number of nitrogens with zero attached hydrogens (tertiary/aromatic N) is 3. The zero-order valence-electron chi connectivity index (χ0n) is 15.7. The summed E-state index contributed by atoms with van der Waals surface area (Å²) in [6, 6.07) is 10.00. The largest absolute Gasteiger partial charge is 0.491 e. The van der Waals surface area contributed by atoms with Crippen LogP contribution in [-0.4, -0.2) is 38.9 Å². The highest BCUT2D eigenvalue weighted by Crippen LogP contribution is 2.47. The zero-order chi connectivity index (χ0) is 19.3. The molecule has 144 valence electrons. The van der Waals surface area contributed by atoms with Crippen molar-refractivity contribution in [1.29, 1.82) is 0 Å². The van der Waals surface area contributed by atoms with Gasteiger partial charge in [-0.25, -0.2) is 9.37 Å². The number of carbonyl (C=O) groups is 1. The number of benzene rings is 1. The Bertz CT molecular complexity index is 1010. The van der Waals surface area contributed by atoms with E-state index in [9.17, 15) is 9.18 Å². The molecule has 1 aromatic carbocycles. The zero-order valence-corrected chi connectivity index (χ0v) is 15.7. The number of ether oxygens (including phenoxy) is 1. The number of fused-ring (bicyclic) bond motifs is 3. The van der Waals surface area contributed by atoms with E-state index in [1.54, 1.807) is 18.3 Å². The van der Waals surface area contributed by atoms with Crippen LogP contribution < -0.4 is 4.74 Å². The molecule has 3 aromatic rings. The Kier molecular flexibility index (Phi) is 4.07. The second-order valence-corrected chi connectivity index (χ2v) is 7.87. The monoisotopic (exact) mass is 379 g/mol. The number of hydrogen-bond acceptors (Lipinski definition) is 3. The molecule has 1 saturated carbocycles. The Morgan fingerprint density at radius 2 is 2.00 bits per heavy atom. The van der Waals surface area contributed by atoms with E-state index in [0.29, 0.717) is 35.4 Å². The normalized spacial score (nSPS) is 26.1. The molecule has 5 nitrogen and oxygen atoms in total. The molecule has 2 aromatic heterocycles. The predicted molar refractivity (Wildman–Crippen MR) is 103 cm³/mol. The summed E-state index contributed by atoms with van der Waals surface area (Å²) in [6.07, 6.45) is 7.56. The number of aromatic nitrogens is 2. The van der Waals surface area contributed by atoms with Crippen molar-refractivity contribution < 1.29 is 13.9 Å². The van der Waals surface area contributed by atoms with Gasteiger partial charge in [0.1, 0.15) is 23.8 Å². The van der Waals surface area contributed by atoms with Crippen molar-refractivity contribution in [3.63, 3.8) is 0 Å². The standard InChI is InChI=1S/C22H22FN3O2/c1-14-15-11-17(12-15)26(20(14)13-28-18-6-4-16(23)5-7-18)22(27)19-3-2-9-25-10-8-24-21(19)25/h2-10,14-15,17,20H,11-13H2,1H3/t14-,15?,17?,20-/m1/s1. The van der Waals surface area contributed by atoms with Gasteiger partial charge in [0.05, 0.1) is 11.6 Å². The number of rotatable bonds is 4. The first kappa shape index (κ1) is 17.2. The molecule has 1 amide bonds. The van der Waals surface area contributed by atoms with Crippen LogP contribution in [0, 0.1) is 17.7 Å². The maximum atomic E-state index is 13.5. The number of amides is 1. The van der Waals surface area contributed by atoms with Crippen molar-refractivity contribution in [3.05, 3.63) is 66.4 Å². The van der Waals surface area contributed by atoms with Crippen molar-refractivity contribution in [2.45, 2.75) is 31.8 Å². The lowest BCUT2D eigenvalue weighted by Crippen LogP contribution is -2.64. The molecular formula is C22H22FN3O2. The molecular weight excluding hydrogens is 357 g/mol. The molecule has 2 aliphatic heterocycles. The van der Waals surface area contributed by atoms with Crippen LogP contribution in [-0.2, 0) is 0 Å². The fourth-order valence-electron chi connectivity index (χ4n) is 4.64. The summed E-state index contributed by atoms with van der Waals surface area (Å²) in [7, 11) is 0. The highest BCUT2D eigenvalue weighted by atomic mass is 19.1. The molecule has 0 N–H and O–H groups in total. The Hall–Kier alpha value is -2.89. The number of pyridine rings is 1. The summed E-state index contributed by atoms with van der Waals surface area (Å²) in [4.78, 5) is 19.9. The molecule has 3 fully saturated rings. The lowest BCUT2D eigenvalue weighted by molar-refractivity contribution is -0.0670. The summed E-state index contributed by atoms with van der Waals surface area (Å²) < 4.78 is 21.0. The average molecular weight is 379 g/mol. The number of piperidine rings is 2. The van der Waals surface area contributed by atoms with Gasteiger partial charge >= 0.3 is 0 Å². The van der Waals surface area contributed by atoms with E-state index in [0.717, 1.165) is 12.8 Å². The van der Waals surface area contributed by atoms with Crippen molar-refractivity contribution in [3.8, 4) is 5.75 Å². The fraction of sp³-hybridized carbons (Fsp3) is 0.364. The minimum absolute atomic E-state index is 0.00901. The Morgan fingerprint density at radius 3 is 2.79 bits per heavy atom. The fourth-order valence-corrected chi connectivity index (χ4v) is 4.64. The van der Waals surface area contributed by atoms with E-state index in [4.69, 9.17) is 4.74 Å². The van der Waals surface area contributed by atoms with Crippen molar-refractivity contribution in [1.82, 2.24) is 14.3 Å².